The van der Waals surface area contributed by atoms with E-state index < -0.39 is 0 Å². The number of amides is 1. The molecule has 124 valence electrons. The molecule has 0 saturated heterocycles. The molecule has 3 rings (SSSR count). The zero-order valence-electron chi connectivity index (χ0n) is 12.8. The zero-order valence-corrected chi connectivity index (χ0v) is 12.8. The van der Waals surface area contributed by atoms with Gasteiger partial charge in [0.25, 0.3) is 5.91 Å². The lowest BCUT2D eigenvalue weighted by Crippen LogP contribution is -2.26. The summed E-state index contributed by atoms with van der Waals surface area (Å²) in [6.45, 7) is 0.270. The maximum absolute atomic E-state index is 11.2. The molecule has 3 N–H and O–H groups in total. The minimum atomic E-state index is -0.148. The van der Waals surface area contributed by atoms with E-state index in [2.05, 4.69) is 20.0 Å². The number of nitrogens with zero attached hydrogens (tertiary/aromatic N) is 2. The molecule has 0 aliphatic heterocycles. The monoisotopic (exact) mass is 327 g/mol. The lowest BCUT2D eigenvalue weighted by Gasteiger charge is -2.01. The average molecular weight is 327 g/mol. The lowest BCUT2D eigenvalue weighted by molar-refractivity contribution is 0.0945. The van der Waals surface area contributed by atoms with Crippen molar-refractivity contribution in [2.24, 2.45) is 0 Å². The van der Waals surface area contributed by atoms with E-state index in [1.165, 1.54) is 6.39 Å². The van der Waals surface area contributed by atoms with Crippen LogP contribution in [0, 0.1) is 0 Å². The maximum atomic E-state index is 11.2. The highest BCUT2D eigenvalue weighted by atomic mass is 16.5. The minimum Gasteiger partial charge on any atom is -0.508 e. The molecule has 0 atom stereocenters. The maximum Gasteiger partial charge on any atom is 0.251 e. The summed E-state index contributed by atoms with van der Waals surface area (Å²) in [5.74, 6) is 0.599. The van der Waals surface area contributed by atoms with Crippen molar-refractivity contribution in [1.29, 1.82) is 0 Å². The van der Waals surface area contributed by atoms with Gasteiger partial charge in [-0.2, -0.15) is 4.98 Å². The Bertz CT molecular complexity index is 728. The Hall–Kier alpha value is -3.19. The predicted molar refractivity (Wildman–Crippen MR) is 87.3 cm³/mol. The number of nitrogens with one attached hydrogen (secondary N) is 1. The second-order valence-electron chi connectivity index (χ2n) is 4.65. The summed E-state index contributed by atoms with van der Waals surface area (Å²) in [4.78, 5) is 15.0. The molecule has 0 aliphatic rings. The van der Waals surface area contributed by atoms with Crippen LogP contribution in [0.2, 0.25) is 0 Å². The summed E-state index contributed by atoms with van der Waals surface area (Å²) < 4.78 is 4.58. The van der Waals surface area contributed by atoms with Gasteiger partial charge in [0.15, 0.2) is 0 Å². The molecule has 1 aromatic heterocycles. The van der Waals surface area contributed by atoms with Crippen LogP contribution >= 0.6 is 0 Å². The van der Waals surface area contributed by atoms with Gasteiger partial charge >= 0.3 is 0 Å². The van der Waals surface area contributed by atoms with Gasteiger partial charge in [-0.3, -0.25) is 4.79 Å². The van der Waals surface area contributed by atoms with E-state index in [4.69, 9.17) is 10.2 Å². The standard InChI is InChI=1S/C9H11NO2.C8H6N2O2/c11-7-6-10-9(12)8-4-2-1-3-5-8;11-7-3-1-6(2-4-7)8-9-5-12-10-8/h1-5,11H,6-7H2,(H,10,12);1-5,11H. The van der Waals surface area contributed by atoms with Crippen LogP contribution in [0.1, 0.15) is 10.4 Å². The van der Waals surface area contributed by atoms with Crippen molar-refractivity contribution in [3.05, 3.63) is 66.6 Å². The Morgan fingerprint density at radius 1 is 1.08 bits per heavy atom. The first kappa shape index (κ1) is 17.2. The van der Waals surface area contributed by atoms with Crippen molar-refractivity contribution in [2.75, 3.05) is 13.2 Å². The van der Waals surface area contributed by atoms with Gasteiger partial charge in [0, 0.05) is 17.7 Å². The Morgan fingerprint density at radius 3 is 2.38 bits per heavy atom. The Balaban J connectivity index is 0.000000174. The summed E-state index contributed by atoms with van der Waals surface area (Å²) in [6.07, 6.45) is 1.27. The number of aliphatic hydroxyl groups is 1. The molecule has 0 unspecified atom stereocenters. The zero-order chi connectivity index (χ0) is 17.2. The molecule has 3 aromatic rings. The van der Waals surface area contributed by atoms with Crippen molar-refractivity contribution >= 4 is 5.91 Å². The number of benzene rings is 2. The van der Waals surface area contributed by atoms with Crippen LogP contribution in [0.3, 0.4) is 0 Å². The third kappa shape index (κ3) is 5.22. The van der Waals surface area contributed by atoms with Gasteiger partial charge in [-0.15, -0.1) is 0 Å². The van der Waals surface area contributed by atoms with Crippen LogP contribution in [0.25, 0.3) is 11.4 Å². The van der Waals surface area contributed by atoms with Crippen LogP contribution in [0.15, 0.2) is 65.5 Å². The number of aromatic nitrogens is 2. The predicted octanol–water partition coefficient (Wildman–Crippen LogP) is 1.85. The average Bonchev–Trinajstić information content (AvgIpc) is 3.16. The smallest absolute Gasteiger partial charge is 0.251 e. The highest BCUT2D eigenvalue weighted by Crippen LogP contribution is 2.17. The van der Waals surface area contributed by atoms with Crippen molar-refractivity contribution < 1.29 is 19.5 Å². The molecule has 0 bridgehead atoms. The van der Waals surface area contributed by atoms with Crippen molar-refractivity contribution in [3.63, 3.8) is 0 Å². The van der Waals surface area contributed by atoms with Crippen LogP contribution in [-0.2, 0) is 0 Å². The van der Waals surface area contributed by atoms with Crippen molar-refractivity contribution in [1.82, 2.24) is 15.5 Å². The summed E-state index contributed by atoms with van der Waals surface area (Å²) in [6, 6.07) is 15.5. The summed E-state index contributed by atoms with van der Waals surface area (Å²) in [5, 5.41) is 23.6. The normalized spacial score (nSPS) is 9.71. The van der Waals surface area contributed by atoms with Crippen LogP contribution in [-0.4, -0.2) is 39.4 Å². The van der Waals surface area contributed by atoms with Crippen LogP contribution in [0.5, 0.6) is 5.75 Å². The minimum absolute atomic E-state index is 0.0292. The van der Waals surface area contributed by atoms with Gasteiger partial charge in [-0.25, -0.2) is 0 Å². The molecule has 2 aromatic carbocycles. The second-order valence-corrected chi connectivity index (χ2v) is 4.65. The van der Waals surface area contributed by atoms with E-state index in [9.17, 15) is 4.79 Å². The summed E-state index contributed by atoms with van der Waals surface area (Å²) in [7, 11) is 0. The van der Waals surface area contributed by atoms with E-state index >= 15 is 0 Å². The second kappa shape index (κ2) is 9.06. The molecule has 7 nitrogen and oxygen atoms in total. The highest BCUT2D eigenvalue weighted by molar-refractivity contribution is 5.94. The number of hydrogen-bond acceptors (Lipinski definition) is 6. The first-order valence-corrected chi connectivity index (χ1v) is 7.20. The molecule has 0 saturated carbocycles. The number of phenols is 1. The van der Waals surface area contributed by atoms with E-state index in [1.807, 2.05) is 6.07 Å². The van der Waals surface area contributed by atoms with E-state index in [-0.39, 0.29) is 18.3 Å². The largest absolute Gasteiger partial charge is 0.508 e. The molecule has 0 radical (unpaired) electrons. The van der Waals surface area contributed by atoms with E-state index in [0.717, 1.165) is 5.56 Å². The van der Waals surface area contributed by atoms with Gasteiger partial charge in [0.1, 0.15) is 5.75 Å². The first-order valence-electron chi connectivity index (χ1n) is 7.20. The summed E-state index contributed by atoms with van der Waals surface area (Å²) in [5.41, 5.74) is 1.44. The molecule has 0 aliphatic carbocycles. The third-order valence-corrected chi connectivity index (χ3v) is 2.92. The van der Waals surface area contributed by atoms with Gasteiger partial charge in [0.05, 0.1) is 6.61 Å². The quantitative estimate of drug-likeness (QED) is 0.675. The lowest BCUT2D eigenvalue weighted by atomic mass is 10.2. The molecule has 0 fully saturated rings. The van der Waals surface area contributed by atoms with E-state index in [1.54, 1.807) is 48.5 Å². The Morgan fingerprint density at radius 2 is 1.79 bits per heavy atom. The number of carbonyl (C=O) groups excluding carboxylic acids is 1. The Labute approximate surface area is 138 Å². The number of carbonyl (C=O) groups is 1. The fraction of sp³-hybridized carbons (Fsp3) is 0.118. The number of aromatic hydroxyl groups is 1. The SMILES string of the molecule is O=C(NCCO)c1ccccc1.Oc1ccc(-c2ncon2)cc1. The fourth-order valence-corrected chi connectivity index (χ4v) is 1.77. The van der Waals surface area contributed by atoms with Gasteiger partial charge < -0.3 is 20.1 Å². The van der Waals surface area contributed by atoms with E-state index in [0.29, 0.717) is 17.9 Å². The van der Waals surface area contributed by atoms with Crippen molar-refractivity contribution in [2.45, 2.75) is 0 Å². The highest BCUT2D eigenvalue weighted by Gasteiger charge is 2.01. The molecular formula is C17H17N3O4. The molecule has 24 heavy (non-hydrogen) atoms. The fourth-order valence-electron chi connectivity index (χ4n) is 1.77. The molecule has 0 spiro atoms. The number of rotatable bonds is 4. The first-order chi connectivity index (χ1) is 11.7. The van der Waals surface area contributed by atoms with Crippen LogP contribution in [0.4, 0.5) is 0 Å². The number of hydrogen-bond donors (Lipinski definition) is 3. The van der Waals surface area contributed by atoms with Crippen molar-refractivity contribution in [3.8, 4) is 17.1 Å². The van der Waals surface area contributed by atoms with Gasteiger partial charge in [-0.05, 0) is 36.4 Å². The van der Waals surface area contributed by atoms with Crippen LogP contribution < -0.4 is 5.32 Å². The van der Waals surface area contributed by atoms with Gasteiger partial charge in [0.2, 0.25) is 12.2 Å². The Kier molecular flexibility index (Phi) is 6.48. The molecule has 1 amide bonds. The number of phenolic OH excluding ortho intramolecular Hbond substituents is 1. The summed E-state index contributed by atoms with van der Waals surface area (Å²) >= 11 is 0. The number of aliphatic hydroxyl groups excluding tert-OH is 1. The van der Waals surface area contributed by atoms with Gasteiger partial charge in [-0.1, -0.05) is 23.4 Å². The molecule has 1 heterocycles. The third-order valence-electron chi connectivity index (χ3n) is 2.92. The molecule has 7 heteroatoms. The molecular weight excluding hydrogens is 310 g/mol. The topological polar surface area (TPSA) is 108 Å².